The topological polar surface area (TPSA) is 23.6 Å². The number of carbonyl (C=O) groups excluding carboxylic acids is 1. The summed E-state index contributed by atoms with van der Waals surface area (Å²) in [7, 11) is 0. The van der Waals surface area contributed by atoms with Crippen molar-refractivity contribution >= 4 is 11.6 Å². The van der Waals surface area contributed by atoms with Gasteiger partial charge in [-0.15, -0.1) is 0 Å². The fourth-order valence-electron chi connectivity index (χ4n) is 5.50. The van der Waals surface area contributed by atoms with E-state index in [2.05, 4.69) is 47.9 Å². The standard InChI is InChI=1S/C23H34N2O/c1-17(2)18-7-10-20(11-8-18)24-15-13-21(14-16-24)25-22-6-4-3-5-19(22)9-12-23(25)26/h3-6,17-18,20-21H,7-16H2,1-2H3. The molecule has 0 aromatic heterocycles. The van der Waals surface area contributed by atoms with E-state index in [1.807, 2.05) is 0 Å². The van der Waals surface area contributed by atoms with Gasteiger partial charge in [-0.2, -0.15) is 0 Å². The maximum Gasteiger partial charge on any atom is 0.227 e. The first-order valence-electron chi connectivity index (χ1n) is 10.8. The van der Waals surface area contributed by atoms with Crippen LogP contribution in [0.1, 0.15) is 64.4 Å². The molecule has 1 saturated carbocycles. The van der Waals surface area contributed by atoms with Crippen molar-refractivity contribution in [2.75, 3.05) is 18.0 Å². The molecule has 0 bridgehead atoms. The van der Waals surface area contributed by atoms with Gasteiger partial charge in [0.1, 0.15) is 0 Å². The normalized spacial score (nSPS) is 28.4. The predicted molar refractivity (Wildman–Crippen MR) is 107 cm³/mol. The molecule has 1 amide bonds. The average molecular weight is 355 g/mol. The van der Waals surface area contributed by atoms with Gasteiger partial charge in [-0.25, -0.2) is 0 Å². The molecule has 2 fully saturated rings. The molecule has 142 valence electrons. The van der Waals surface area contributed by atoms with Crippen molar-refractivity contribution < 1.29 is 4.79 Å². The van der Waals surface area contributed by atoms with E-state index >= 15 is 0 Å². The minimum atomic E-state index is 0.333. The van der Waals surface area contributed by atoms with Crippen molar-refractivity contribution in [2.24, 2.45) is 11.8 Å². The third kappa shape index (κ3) is 3.55. The lowest BCUT2D eigenvalue weighted by Crippen LogP contribution is -2.51. The molecule has 0 unspecified atom stereocenters. The van der Waals surface area contributed by atoms with Gasteiger partial charge in [0.25, 0.3) is 0 Å². The summed E-state index contributed by atoms with van der Waals surface area (Å²) in [6.45, 7) is 7.08. The third-order valence-electron chi connectivity index (χ3n) is 7.19. The molecule has 1 saturated heterocycles. The molecule has 4 rings (SSSR count). The SMILES string of the molecule is CC(C)C1CCC(N2CCC(N3C(=O)CCc4ccccc43)CC2)CC1. The minimum Gasteiger partial charge on any atom is -0.309 e. The fourth-order valence-corrected chi connectivity index (χ4v) is 5.50. The first kappa shape index (κ1) is 18.0. The van der Waals surface area contributed by atoms with Crippen molar-refractivity contribution in [3.05, 3.63) is 29.8 Å². The summed E-state index contributed by atoms with van der Waals surface area (Å²) in [5.74, 6) is 2.11. The number of fused-ring (bicyclic) bond motifs is 1. The van der Waals surface area contributed by atoms with Crippen LogP contribution in [0.2, 0.25) is 0 Å². The number of rotatable bonds is 3. The number of hydrogen-bond donors (Lipinski definition) is 0. The highest BCUT2D eigenvalue weighted by Gasteiger charge is 2.35. The number of anilines is 1. The lowest BCUT2D eigenvalue weighted by Gasteiger charge is -2.45. The summed E-state index contributed by atoms with van der Waals surface area (Å²) in [5, 5.41) is 0. The third-order valence-corrected chi connectivity index (χ3v) is 7.19. The summed E-state index contributed by atoms with van der Waals surface area (Å²) in [6.07, 6.45) is 9.40. The Morgan fingerprint density at radius 3 is 2.27 bits per heavy atom. The first-order valence-corrected chi connectivity index (χ1v) is 10.8. The lowest BCUT2D eigenvalue weighted by atomic mass is 9.79. The molecule has 0 N–H and O–H groups in total. The van der Waals surface area contributed by atoms with Crippen molar-refractivity contribution in [1.82, 2.24) is 4.90 Å². The molecule has 0 spiro atoms. The van der Waals surface area contributed by atoms with Crippen molar-refractivity contribution in [2.45, 2.75) is 77.3 Å². The Labute approximate surface area is 158 Å². The highest BCUT2D eigenvalue weighted by atomic mass is 16.2. The van der Waals surface area contributed by atoms with Gasteiger partial charge in [-0.05, 0) is 68.4 Å². The number of carbonyl (C=O) groups is 1. The van der Waals surface area contributed by atoms with Crippen LogP contribution in [0.5, 0.6) is 0 Å². The molecule has 1 aliphatic carbocycles. The van der Waals surface area contributed by atoms with E-state index in [0.29, 0.717) is 18.4 Å². The minimum absolute atomic E-state index is 0.333. The molecule has 3 nitrogen and oxygen atoms in total. The number of benzene rings is 1. The van der Waals surface area contributed by atoms with Gasteiger partial charge in [0.2, 0.25) is 5.91 Å². The first-order chi connectivity index (χ1) is 12.6. The van der Waals surface area contributed by atoms with Crippen LogP contribution in [0.15, 0.2) is 24.3 Å². The maximum absolute atomic E-state index is 12.7. The summed E-state index contributed by atoms with van der Waals surface area (Å²) >= 11 is 0. The average Bonchev–Trinajstić information content (AvgIpc) is 2.68. The van der Waals surface area contributed by atoms with Crippen LogP contribution in [0.4, 0.5) is 5.69 Å². The van der Waals surface area contributed by atoms with Gasteiger partial charge in [0, 0.05) is 37.3 Å². The van der Waals surface area contributed by atoms with Gasteiger partial charge >= 0.3 is 0 Å². The molecule has 2 aliphatic heterocycles. The van der Waals surface area contributed by atoms with E-state index in [9.17, 15) is 4.79 Å². The van der Waals surface area contributed by atoms with Gasteiger partial charge in [0.15, 0.2) is 0 Å². The fraction of sp³-hybridized carbons (Fsp3) is 0.696. The smallest absolute Gasteiger partial charge is 0.227 e. The van der Waals surface area contributed by atoms with Crippen LogP contribution < -0.4 is 4.90 Å². The largest absolute Gasteiger partial charge is 0.309 e. The summed E-state index contributed by atoms with van der Waals surface area (Å²) in [4.78, 5) is 17.5. The molecule has 2 heterocycles. The maximum atomic E-state index is 12.7. The van der Waals surface area contributed by atoms with E-state index in [0.717, 1.165) is 50.2 Å². The van der Waals surface area contributed by atoms with E-state index < -0.39 is 0 Å². The number of likely N-dealkylation sites (tertiary alicyclic amines) is 1. The van der Waals surface area contributed by atoms with Gasteiger partial charge in [-0.1, -0.05) is 32.0 Å². The predicted octanol–water partition coefficient (Wildman–Crippen LogP) is 4.65. The lowest BCUT2D eigenvalue weighted by molar-refractivity contribution is -0.119. The molecular formula is C23H34N2O. The van der Waals surface area contributed by atoms with E-state index in [-0.39, 0.29) is 0 Å². The zero-order valence-electron chi connectivity index (χ0n) is 16.5. The molecule has 0 radical (unpaired) electrons. The van der Waals surface area contributed by atoms with E-state index in [1.54, 1.807) is 0 Å². The van der Waals surface area contributed by atoms with Gasteiger partial charge in [0.05, 0.1) is 0 Å². The zero-order valence-corrected chi connectivity index (χ0v) is 16.5. The number of para-hydroxylation sites is 1. The number of hydrogen-bond acceptors (Lipinski definition) is 2. The molecule has 0 atom stereocenters. The van der Waals surface area contributed by atoms with Crippen LogP contribution in [0.25, 0.3) is 0 Å². The Balaban J connectivity index is 1.36. The van der Waals surface area contributed by atoms with Gasteiger partial charge < -0.3 is 9.80 Å². The van der Waals surface area contributed by atoms with Crippen molar-refractivity contribution in [1.29, 1.82) is 0 Å². The summed E-state index contributed by atoms with van der Waals surface area (Å²) in [5.41, 5.74) is 2.53. The van der Waals surface area contributed by atoms with E-state index in [4.69, 9.17) is 0 Å². The molecule has 1 aromatic rings. The summed E-state index contributed by atoms with van der Waals surface area (Å²) in [6, 6.07) is 9.70. The molecular weight excluding hydrogens is 320 g/mol. The Morgan fingerprint density at radius 1 is 0.885 bits per heavy atom. The quantitative estimate of drug-likeness (QED) is 0.789. The van der Waals surface area contributed by atoms with Crippen LogP contribution in [0, 0.1) is 11.8 Å². The highest BCUT2D eigenvalue weighted by molar-refractivity contribution is 5.97. The van der Waals surface area contributed by atoms with Crippen LogP contribution in [-0.2, 0) is 11.2 Å². The molecule has 1 aromatic carbocycles. The second-order valence-electron chi connectivity index (χ2n) is 8.97. The highest BCUT2D eigenvalue weighted by Crippen LogP contribution is 2.35. The summed E-state index contributed by atoms with van der Waals surface area (Å²) < 4.78 is 0. The van der Waals surface area contributed by atoms with Crippen LogP contribution >= 0.6 is 0 Å². The van der Waals surface area contributed by atoms with E-state index in [1.165, 1.54) is 36.9 Å². The Kier molecular flexibility index (Phi) is 5.35. The second kappa shape index (κ2) is 7.72. The second-order valence-corrected chi connectivity index (χ2v) is 8.97. The molecule has 26 heavy (non-hydrogen) atoms. The monoisotopic (exact) mass is 354 g/mol. The van der Waals surface area contributed by atoms with Gasteiger partial charge in [-0.3, -0.25) is 4.79 Å². The number of nitrogens with zero attached hydrogens (tertiary/aromatic N) is 2. The Bertz CT molecular complexity index is 625. The Morgan fingerprint density at radius 2 is 1.58 bits per heavy atom. The number of amides is 1. The number of piperidine rings is 1. The van der Waals surface area contributed by atoms with Crippen LogP contribution in [-0.4, -0.2) is 36.0 Å². The van der Waals surface area contributed by atoms with Crippen molar-refractivity contribution in [3.8, 4) is 0 Å². The number of aryl methyl sites for hydroxylation is 1. The zero-order chi connectivity index (χ0) is 18.1. The Hall–Kier alpha value is -1.35. The molecule has 3 heteroatoms. The van der Waals surface area contributed by atoms with Crippen LogP contribution in [0.3, 0.4) is 0 Å². The molecule has 3 aliphatic rings. The van der Waals surface area contributed by atoms with Crippen molar-refractivity contribution in [3.63, 3.8) is 0 Å².